The first kappa shape index (κ1) is 47.0. The number of hydrogen-bond donors (Lipinski definition) is 2. The van der Waals surface area contributed by atoms with Crippen molar-refractivity contribution in [3.8, 4) is 57.2 Å². The molecule has 0 spiro atoms. The molecule has 0 aliphatic carbocycles. The number of unbranched alkanes of at least 4 members (excludes halogenated alkanes) is 16. The Morgan fingerprint density at radius 1 is 0.467 bits per heavy atom. The lowest BCUT2D eigenvalue weighted by molar-refractivity contribution is -0.138. The lowest BCUT2D eigenvalue weighted by Gasteiger charge is -2.12. The number of aromatic hydroxyl groups is 2. The summed E-state index contributed by atoms with van der Waals surface area (Å²) in [5.74, 6) is 1.33. The van der Waals surface area contributed by atoms with Crippen molar-refractivity contribution < 1.29 is 38.7 Å². The van der Waals surface area contributed by atoms with E-state index in [1.807, 2.05) is 30.3 Å². The molecule has 3 aromatic carbocycles. The van der Waals surface area contributed by atoms with Crippen molar-refractivity contribution in [1.82, 2.24) is 15.0 Å². The average molecular weight is 822 g/mol. The minimum absolute atomic E-state index is 0.0174. The van der Waals surface area contributed by atoms with E-state index in [0.717, 1.165) is 82.6 Å². The van der Waals surface area contributed by atoms with Crippen LogP contribution in [0, 0.1) is 0 Å². The second-order valence-corrected chi connectivity index (χ2v) is 14.8. The van der Waals surface area contributed by atoms with Crippen LogP contribution in [0.25, 0.3) is 34.2 Å². The van der Waals surface area contributed by atoms with Crippen molar-refractivity contribution in [2.75, 3.05) is 26.4 Å². The largest absolute Gasteiger partial charge is 0.507 e. The topological polar surface area (TPSA) is 150 Å². The molecule has 0 bridgehead atoms. The van der Waals surface area contributed by atoms with Gasteiger partial charge in [0.05, 0.1) is 37.6 Å². The van der Waals surface area contributed by atoms with Crippen LogP contribution in [0.2, 0.25) is 0 Å². The maximum Gasteiger partial charge on any atom is 0.330 e. The van der Waals surface area contributed by atoms with Gasteiger partial charge in [-0.05, 0) is 49.9 Å². The fourth-order valence-corrected chi connectivity index (χ4v) is 6.64. The first-order valence-electron chi connectivity index (χ1n) is 21.7. The number of ether oxygens (including phenoxy) is 4. The number of phenolic OH excluding ortho intramolecular Hbond substituents is 2. The van der Waals surface area contributed by atoms with Crippen molar-refractivity contribution in [3.63, 3.8) is 0 Å². The molecule has 1 heterocycles. The van der Waals surface area contributed by atoms with Gasteiger partial charge in [0.1, 0.15) is 23.0 Å². The monoisotopic (exact) mass is 821 g/mol. The van der Waals surface area contributed by atoms with E-state index in [1.165, 1.54) is 50.7 Å². The maximum atomic E-state index is 11.1. The second kappa shape index (κ2) is 27.9. The molecule has 0 fully saturated rings. The molecule has 2 N–H and O–H groups in total. The normalized spacial score (nSPS) is 10.9. The lowest BCUT2D eigenvalue weighted by Crippen LogP contribution is -2.02. The molecule has 0 radical (unpaired) electrons. The molecule has 0 aliphatic rings. The highest BCUT2D eigenvalue weighted by atomic mass is 16.5. The minimum atomic E-state index is -0.358. The van der Waals surface area contributed by atoms with Gasteiger partial charge in [0.2, 0.25) is 0 Å². The molecule has 4 rings (SSSR count). The third-order valence-corrected chi connectivity index (χ3v) is 10.0. The summed E-state index contributed by atoms with van der Waals surface area (Å²) < 4.78 is 22.0. The predicted molar refractivity (Wildman–Crippen MR) is 236 cm³/mol. The molecular weight excluding hydrogens is 759 g/mol. The Morgan fingerprint density at radius 3 is 1.18 bits per heavy atom. The molecule has 0 amide bonds. The van der Waals surface area contributed by atoms with Crippen LogP contribution >= 0.6 is 0 Å². The molecule has 0 atom stereocenters. The van der Waals surface area contributed by atoms with Crippen molar-refractivity contribution in [1.29, 1.82) is 0 Å². The Balaban J connectivity index is 1.22. The van der Waals surface area contributed by atoms with E-state index < -0.39 is 0 Å². The quantitative estimate of drug-likeness (QED) is 0.0284. The lowest BCUT2D eigenvalue weighted by atomic mass is 10.1. The summed E-state index contributed by atoms with van der Waals surface area (Å²) in [6.07, 6.45) is 22.0. The fourth-order valence-electron chi connectivity index (χ4n) is 6.64. The zero-order valence-corrected chi connectivity index (χ0v) is 35.2. The van der Waals surface area contributed by atoms with E-state index >= 15 is 0 Å². The van der Waals surface area contributed by atoms with Gasteiger partial charge in [-0.2, -0.15) is 0 Å². The zero-order valence-electron chi connectivity index (χ0n) is 35.2. The van der Waals surface area contributed by atoms with Gasteiger partial charge in [-0.3, -0.25) is 0 Å². The number of rotatable bonds is 31. The summed E-state index contributed by atoms with van der Waals surface area (Å²) in [5.41, 5.74) is 1.61. The third kappa shape index (κ3) is 17.6. The number of phenols is 2. The predicted octanol–water partition coefficient (Wildman–Crippen LogP) is 11.5. The Bertz CT molecular complexity index is 1790. The highest BCUT2D eigenvalue weighted by Crippen LogP contribution is 2.35. The molecule has 11 heteroatoms. The second-order valence-electron chi connectivity index (χ2n) is 14.8. The van der Waals surface area contributed by atoms with Crippen LogP contribution in [0.4, 0.5) is 0 Å². The average Bonchev–Trinajstić information content (AvgIpc) is 3.26. The van der Waals surface area contributed by atoms with Gasteiger partial charge in [-0.1, -0.05) is 133 Å². The number of aromatic nitrogens is 3. The van der Waals surface area contributed by atoms with E-state index in [-0.39, 0.29) is 35.1 Å². The smallest absolute Gasteiger partial charge is 0.330 e. The van der Waals surface area contributed by atoms with Crippen molar-refractivity contribution in [2.45, 2.75) is 116 Å². The van der Waals surface area contributed by atoms with Gasteiger partial charge in [-0.15, -0.1) is 0 Å². The van der Waals surface area contributed by atoms with Crippen LogP contribution in [-0.4, -0.2) is 63.5 Å². The van der Waals surface area contributed by atoms with Gasteiger partial charge >= 0.3 is 11.9 Å². The summed E-state index contributed by atoms with van der Waals surface area (Å²) in [7, 11) is 0. The molecule has 0 saturated carbocycles. The number of hydrogen-bond acceptors (Lipinski definition) is 11. The summed E-state index contributed by atoms with van der Waals surface area (Å²) in [4.78, 5) is 36.3. The molecule has 11 nitrogen and oxygen atoms in total. The zero-order chi connectivity index (χ0) is 42.6. The summed E-state index contributed by atoms with van der Waals surface area (Å²) in [5, 5.41) is 22.3. The number of esters is 2. The fraction of sp³-hybridized carbons (Fsp3) is 0.449. The molecule has 60 heavy (non-hydrogen) atoms. The molecule has 0 unspecified atom stereocenters. The van der Waals surface area contributed by atoms with Crippen LogP contribution in [0.5, 0.6) is 23.0 Å². The van der Waals surface area contributed by atoms with Crippen molar-refractivity contribution in [3.05, 3.63) is 92.0 Å². The van der Waals surface area contributed by atoms with Crippen molar-refractivity contribution in [2.24, 2.45) is 0 Å². The Labute approximate surface area is 355 Å². The molecular formula is C49H63N3O8. The van der Waals surface area contributed by atoms with E-state index in [1.54, 1.807) is 36.4 Å². The third-order valence-electron chi connectivity index (χ3n) is 10.0. The Kier molecular flexibility index (Phi) is 21.8. The Morgan fingerprint density at radius 2 is 0.817 bits per heavy atom. The SMILES string of the molecule is C=CC(=O)OCCCCCCCCCCCOc1ccc(-c2nc(-c3ccccc3)nc(-c3ccc(OCCCCCCCCCCCOC(=O)C=C)cc3O)n2)c(O)c1. The molecule has 1 aromatic heterocycles. The molecule has 0 saturated heterocycles. The van der Waals surface area contributed by atoms with Gasteiger partial charge in [0, 0.05) is 29.8 Å². The van der Waals surface area contributed by atoms with Gasteiger partial charge in [0.15, 0.2) is 17.5 Å². The number of carbonyl (C=O) groups excluding carboxylic acids is 2. The van der Waals surface area contributed by atoms with Crippen LogP contribution < -0.4 is 9.47 Å². The molecule has 322 valence electrons. The first-order valence-corrected chi connectivity index (χ1v) is 21.7. The number of benzene rings is 3. The minimum Gasteiger partial charge on any atom is -0.507 e. The van der Waals surface area contributed by atoms with Gasteiger partial charge < -0.3 is 29.2 Å². The number of carbonyl (C=O) groups is 2. The van der Waals surface area contributed by atoms with Gasteiger partial charge in [0.25, 0.3) is 0 Å². The van der Waals surface area contributed by atoms with E-state index in [9.17, 15) is 19.8 Å². The van der Waals surface area contributed by atoms with Crippen LogP contribution in [0.15, 0.2) is 92.0 Å². The van der Waals surface area contributed by atoms with Crippen LogP contribution in [-0.2, 0) is 19.1 Å². The van der Waals surface area contributed by atoms with Crippen LogP contribution in [0.1, 0.15) is 116 Å². The van der Waals surface area contributed by atoms with Crippen molar-refractivity contribution >= 4 is 11.9 Å². The van der Waals surface area contributed by atoms with E-state index in [0.29, 0.717) is 54.9 Å². The number of nitrogens with zero attached hydrogens (tertiary/aromatic N) is 3. The first-order chi connectivity index (χ1) is 29.4. The van der Waals surface area contributed by atoms with Crippen LogP contribution in [0.3, 0.4) is 0 Å². The standard InChI is InChI=1S/C49H63N3O8/c1-3-45(55)59-34-24-17-13-9-5-7-11-15-22-32-57-39-28-30-41(43(53)36-39)48-50-47(38-26-20-19-21-27-38)51-49(52-48)42-31-29-40(37-44(42)54)58-33-23-16-12-8-6-10-14-18-25-35-60-46(56)4-2/h3-4,19-21,26-31,36-37,53-54H,1-2,5-18,22-25,32-35H2. The highest BCUT2D eigenvalue weighted by Gasteiger charge is 2.18. The summed E-state index contributed by atoms with van der Waals surface area (Å²) >= 11 is 0. The summed E-state index contributed by atoms with van der Waals surface area (Å²) in [6.45, 7) is 8.83. The summed E-state index contributed by atoms with van der Waals surface area (Å²) in [6, 6.07) is 19.8. The van der Waals surface area contributed by atoms with E-state index in [2.05, 4.69) is 13.2 Å². The van der Waals surface area contributed by atoms with E-state index in [4.69, 9.17) is 33.9 Å². The highest BCUT2D eigenvalue weighted by molar-refractivity contribution is 5.81. The van der Waals surface area contributed by atoms with Gasteiger partial charge in [-0.25, -0.2) is 24.5 Å². The molecule has 4 aromatic rings. The maximum absolute atomic E-state index is 11.1. The molecule has 0 aliphatic heterocycles. The Hall–Kier alpha value is -5.71.